The number of allylic oxidation sites excluding steroid dienone is 1. The number of hydrogen-bond acceptors (Lipinski definition) is 7. The number of aldehydes is 1. The molecule has 0 amide bonds. The van der Waals surface area contributed by atoms with Crippen molar-refractivity contribution in [3.63, 3.8) is 0 Å². The average molecular weight is 445 g/mol. The molecule has 1 aliphatic heterocycles. The smallest absolute Gasteiger partial charge is 0.334 e. The van der Waals surface area contributed by atoms with Gasteiger partial charge in [-0.15, -0.1) is 6.58 Å². The highest BCUT2D eigenvalue weighted by atomic mass is 16.6. The molecule has 2 aliphatic rings. The minimum absolute atomic E-state index is 0.0883. The molecule has 32 heavy (non-hydrogen) atoms. The van der Waals surface area contributed by atoms with Gasteiger partial charge in [0.25, 0.3) is 0 Å². The fraction of sp³-hybridized carbons (Fsp3) is 0.520. The summed E-state index contributed by atoms with van der Waals surface area (Å²) < 4.78 is 17.3. The van der Waals surface area contributed by atoms with E-state index in [1.165, 1.54) is 6.08 Å². The van der Waals surface area contributed by atoms with Gasteiger partial charge in [0.05, 0.1) is 11.8 Å². The zero-order chi connectivity index (χ0) is 24.4. The highest BCUT2D eigenvalue weighted by molar-refractivity contribution is 5.92. The van der Waals surface area contributed by atoms with Crippen molar-refractivity contribution in [2.75, 3.05) is 0 Å². The molecular weight excluding hydrogens is 412 g/mol. The minimum atomic E-state index is -1.12. The Bertz CT molecular complexity index is 883. The molecule has 0 N–H and O–H groups in total. The van der Waals surface area contributed by atoms with Gasteiger partial charge in [0.2, 0.25) is 0 Å². The second kappa shape index (κ2) is 9.67. The first kappa shape index (κ1) is 25.3. The summed E-state index contributed by atoms with van der Waals surface area (Å²) in [5.41, 5.74) is -0.551. The maximum absolute atomic E-state index is 12.7. The molecular formula is C25H32O7. The summed E-state index contributed by atoms with van der Waals surface area (Å²) in [6.07, 6.45) is 1.34. The van der Waals surface area contributed by atoms with Gasteiger partial charge in [-0.25, -0.2) is 9.59 Å². The lowest BCUT2D eigenvalue weighted by Crippen LogP contribution is -2.62. The predicted octanol–water partition coefficient (Wildman–Crippen LogP) is 3.50. The van der Waals surface area contributed by atoms with E-state index in [-0.39, 0.29) is 17.1 Å². The first-order chi connectivity index (χ1) is 15.0. The third kappa shape index (κ3) is 4.20. The van der Waals surface area contributed by atoms with Gasteiger partial charge in [0.15, 0.2) is 6.10 Å². The van der Waals surface area contributed by atoms with E-state index in [0.717, 1.165) is 0 Å². The van der Waals surface area contributed by atoms with Gasteiger partial charge >= 0.3 is 17.9 Å². The fourth-order valence-electron chi connectivity index (χ4n) is 4.34. The first-order valence-corrected chi connectivity index (χ1v) is 10.7. The molecule has 2 fully saturated rings. The maximum atomic E-state index is 12.7. The van der Waals surface area contributed by atoms with E-state index in [0.29, 0.717) is 18.3 Å². The second-order valence-corrected chi connectivity index (χ2v) is 8.67. The molecule has 0 aromatic carbocycles. The van der Waals surface area contributed by atoms with Crippen molar-refractivity contribution >= 4 is 24.2 Å². The zero-order valence-corrected chi connectivity index (χ0v) is 19.4. The van der Waals surface area contributed by atoms with Crippen LogP contribution in [-0.4, -0.2) is 42.5 Å². The molecule has 7 atom stereocenters. The lowest BCUT2D eigenvalue weighted by Gasteiger charge is -2.52. The summed E-state index contributed by atoms with van der Waals surface area (Å²) >= 11 is 0. The van der Waals surface area contributed by atoms with Gasteiger partial charge in [0, 0.05) is 22.5 Å². The fourth-order valence-corrected chi connectivity index (χ4v) is 4.34. The van der Waals surface area contributed by atoms with Crippen LogP contribution in [0.4, 0.5) is 0 Å². The molecule has 0 spiro atoms. The standard InChI is InChI=1S/C25H32O7/c1-9-13(4)22(27)30-19-17-16(7)24(29)31-20(17)21(32-23(28)14(5)10-2)25(8,11-3)18(19)15(6)12-26/h9,11-12,14,17-21H,3,6-7,10H2,1-2,4-5,8H3. The number of fused-ring (bicyclic) bond motifs is 1. The largest absolute Gasteiger partial charge is 0.458 e. The van der Waals surface area contributed by atoms with E-state index >= 15 is 0 Å². The minimum Gasteiger partial charge on any atom is -0.458 e. The molecule has 0 bridgehead atoms. The quantitative estimate of drug-likeness (QED) is 0.186. The molecule has 1 heterocycles. The lowest BCUT2D eigenvalue weighted by molar-refractivity contribution is -0.201. The van der Waals surface area contributed by atoms with Gasteiger partial charge < -0.3 is 14.2 Å². The van der Waals surface area contributed by atoms with E-state index in [1.54, 1.807) is 33.8 Å². The number of carbonyl (C=O) groups is 4. The number of rotatable bonds is 8. The summed E-state index contributed by atoms with van der Waals surface area (Å²) in [7, 11) is 0. The molecule has 0 aromatic heterocycles. The van der Waals surface area contributed by atoms with Crippen LogP contribution in [0.1, 0.15) is 41.0 Å². The Hall–Kier alpha value is -2.96. The summed E-state index contributed by atoms with van der Waals surface area (Å²) in [5, 5.41) is 0. The van der Waals surface area contributed by atoms with E-state index in [4.69, 9.17) is 14.2 Å². The third-order valence-corrected chi connectivity index (χ3v) is 6.77. The molecule has 174 valence electrons. The van der Waals surface area contributed by atoms with Crippen molar-refractivity contribution in [3.05, 3.63) is 48.6 Å². The van der Waals surface area contributed by atoms with Gasteiger partial charge in [-0.2, -0.15) is 0 Å². The highest BCUT2D eigenvalue weighted by Crippen LogP contribution is 2.54. The van der Waals surface area contributed by atoms with Gasteiger partial charge in [0.1, 0.15) is 18.5 Å². The summed E-state index contributed by atoms with van der Waals surface area (Å²) in [4.78, 5) is 49.7. The summed E-state index contributed by atoms with van der Waals surface area (Å²) in [6, 6.07) is 0. The van der Waals surface area contributed by atoms with E-state index in [2.05, 4.69) is 19.7 Å². The first-order valence-electron chi connectivity index (χ1n) is 10.7. The Morgan fingerprint density at radius 2 is 1.94 bits per heavy atom. The van der Waals surface area contributed by atoms with E-state index in [9.17, 15) is 19.2 Å². The normalized spacial score (nSPS) is 32.9. The summed E-state index contributed by atoms with van der Waals surface area (Å²) in [5.74, 6) is -3.77. The summed E-state index contributed by atoms with van der Waals surface area (Å²) in [6.45, 7) is 20.2. The van der Waals surface area contributed by atoms with Crippen LogP contribution in [0, 0.1) is 23.2 Å². The van der Waals surface area contributed by atoms with Crippen LogP contribution in [0.3, 0.4) is 0 Å². The van der Waals surface area contributed by atoms with Gasteiger partial charge in [-0.3, -0.25) is 9.59 Å². The van der Waals surface area contributed by atoms with Crippen LogP contribution >= 0.6 is 0 Å². The lowest BCUT2D eigenvalue weighted by atomic mass is 9.57. The van der Waals surface area contributed by atoms with Crippen LogP contribution in [0.5, 0.6) is 0 Å². The van der Waals surface area contributed by atoms with Gasteiger partial charge in [-0.05, 0) is 25.8 Å². The molecule has 7 heteroatoms. The number of ether oxygens (including phenoxy) is 3. The van der Waals surface area contributed by atoms with E-state index in [1.807, 2.05) is 6.92 Å². The Labute approximate surface area is 189 Å². The topological polar surface area (TPSA) is 96.0 Å². The number of carbonyl (C=O) groups excluding carboxylic acids is 4. The monoisotopic (exact) mass is 444 g/mol. The third-order valence-electron chi connectivity index (χ3n) is 6.77. The zero-order valence-electron chi connectivity index (χ0n) is 19.4. The Kier molecular flexibility index (Phi) is 7.65. The number of hydrogen-bond donors (Lipinski definition) is 0. The predicted molar refractivity (Wildman–Crippen MR) is 118 cm³/mol. The van der Waals surface area contributed by atoms with Crippen LogP contribution in [0.15, 0.2) is 48.6 Å². The van der Waals surface area contributed by atoms with Crippen molar-refractivity contribution in [3.8, 4) is 0 Å². The average Bonchev–Trinajstić information content (AvgIpc) is 3.08. The van der Waals surface area contributed by atoms with Crippen LogP contribution < -0.4 is 0 Å². The molecule has 7 nitrogen and oxygen atoms in total. The Morgan fingerprint density at radius 3 is 2.44 bits per heavy atom. The molecule has 0 radical (unpaired) electrons. The van der Waals surface area contributed by atoms with Crippen molar-refractivity contribution < 1.29 is 33.4 Å². The van der Waals surface area contributed by atoms with Crippen LogP contribution in [-0.2, 0) is 33.4 Å². The number of esters is 3. The van der Waals surface area contributed by atoms with Crippen LogP contribution in [0.25, 0.3) is 0 Å². The van der Waals surface area contributed by atoms with Crippen molar-refractivity contribution in [2.45, 2.75) is 59.4 Å². The SMILES string of the molecule is C=CC1(C)C(OC(=O)C(C)CC)C2OC(=O)C(=C)C2C(OC(=O)C(C)=CC)C1C(=C)C=O. The molecule has 1 saturated carbocycles. The van der Waals surface area contributed by atoms with Crippen molar-refractivity contribution in [2.24, 2.45) is 23.2 Å². The van der Waals surface area contributed by atoms with Gasteiger partial charge in [-0.1, -0.05) is 46.1 Å². The molecule has 1 aliphatic carbocycles. The molecule has 7 unspecified atom stereocenters. The van der Waals surface area contributed by atoms with Crippen LogP contribution in [0.2, 0.25) is 0 Å². The van der Waals surface area contributed by atoms with E-state index < -0.39 is 53.5 Å². The second-order valence-electron chi connectivity index (χ2n) is 8.67. The molecule has 1 saturated heterocycles. The Morgan fingerprint density at radius 1 is 1.31 bits per heavy atom. The molecule has 2 rings (SSSR count). The van der Waals surface area contributed by atoms with Crippen molar-refractivity contribution in [1.82, 2.24) is 0 Å². The Balaban J connectivity index is 2.67. The maximum Gasteiger partial charge on any atom is 0.334 e. The van der Waals surface area contributed by atoms with Crippen molar-refractivity contribution in [1.29, 1.82) is 0 Å². The highest BCUT2D eigenvalue weighted by Gasteiger charge is 2.65. The molecule has 0 aromatic rings.